The predicted octanol–water partition coefficient (Wildman–Crippen LogP) is 5.15. The summed E-state index contributed by atoms with van der Waals surface area (Å²) in [6, 6.07) is 0.719. The number of ketones is 1. The summed E-state index contributed by atoms with van der Waals surface area (Å²) in [4.78, 5) is 11.2. The first-order valence-electron chi connectivity index (χ1n) is 4.75. The fraction of sp³-hybridized carbons (Fsp3) is 0.300. The summed E-state index contributed by atoms with van der Waals surface area (Å²) in [6.45, 7) is 0. The third-order valence-corrected chi connectivity index (χ3v) is 2.88. The zero-order valence-electron chi connectivity index (χ0n) is 9.34. The Labute approximate surface area is 121 Å². The summed E-state index contributed by atoms with van der Waals surface area (Å²) in [7, 11) is 0. The van der Waals surface area contributed by atoms with Crippen molar-refractivity contribution in [1.82, 2.24) is 0 Å². The van der Waals surface area contributed by atoms with Crippen LogP contribution >= 0.6 is 23.2 Å². The number of carbonyl (C=O) groups is 1. The molecular formula is C10H2Cl2F8O. The molecule has 21 heavy (non-hydrogen) atoms. The van der Waals surface area contributed by atoms with E-state index < -0.39 is 45.2 Å². The van der Waals surface area contributed by atoms with E-state index in [1.54, 1.807) is 0 Å². The molecule has 0 fully saturated rings. The fourth-order valence-electron chi connectivity index (χ4n) is 1.21. The van der Waals surface area contributed by atoms with Gasteiger partial charge in [-0.25, -0.2) is 4.39 Å². The number of Topliss-reactive ketones (excluding diaryl/α,β-unsaturated/α-hetero) is 1. The topological polar surface area (TPSA) is 17.1 Å². The minimum absolute atomic E-state index is 0.260. The molecule has 0 spiro atoms. The van der Waals surface area contributed by atoms with Crippen LogP contribution in [-0.4, -0.2) is 23.8 Å². The Balaban J connectivity index is 3.44. The van der Waals surface area contributed by atoms with Crippen LogP contribution in [0.5, 0.6) is 0 Å². The average molecular weight is 361 g/mol. The molecule has 1 aromatic rings. The molecule has 0 atom stereocenters. The predicted molar refractivity (Wildman–Crippen MR) is 56.7 cm³/mol. The first-order chi connectivity index (χ1) is 9.23. The summed E-state index contributed by atoms with van der Waals surface area (Å²) in [5.74, 6) is -17.4. The maximum Gasteiger partial charge on any atom is 0.460 e. The number of benzene rings is 1. The Morgan fingerprint density at radius 3 is 1.86 bits per heavy atom. The van der Waals surface area contributed by atoms with Crippen molar-refractivity contribution in [1.29, 1.82) is 0 Å². The zero-order chi connectivity index (χ0) is 16.8. The van der Waals surface area contributed by atoms with E-state index in [-0.39, 0.29) is 6.07 Å². The monoisotopic (exact) mass is 360 g/mol. The van der Waals surface area contributed by atoms with E-state index in [2.05, 4.69) is 0 Å². The highest BCUT2D eigenvalue weighted by atomic mass is 35.5. The Kier molecular flexibility index (Phi) is 4.51. The quantitative estimate of drug-likeness (QED) is 0.414. The van der Waals surface area contributed by atoms with Crippen molar-refractivity contribution >= 4 is 29.0 Å². The van der Waals surface area contributed by atoms with Gasteiger partial charge in [-0.2, -0.15) is 30.7 Å². The summed E-state index contributed by atoms with van der Waals surface area (Å²) < 4.78 is 101. The summed E-state index contributed by atoms with van der Waals surface area (Å²) in [6.07, 6.45) is -6.70. The van der Waals surface area contributed by atoms with Gasteiger partial charge in [0.1, 0.15) is 5.82 Å². The third-order valence-electron chi connectivity index (χ3n) is 2.27. The normalized spacial score (nSPS) is 13.4. The molecule has 0 unspecified atom stereocenters. The lowest BCUT2D eigenvalue weighted by Gasteiger charge is -2.27. The molecule has 0 amide bonds. The van der Waals surface area contributed by atoms with Crippen molar-refractivity contribution < 1.29 is 39.9 Å². The SMILES string of the molecule is O=C(c1cc(Cl)cc(F)c1Cl)C(F)(F)C(F)(F)C(F)(F)F. The van der Waals surface area contributed by atoms with Crippen LogP contribution < -0.4 is 0 Å². The van der Waals surface area contributed by atoms with Gasteiger partial charge < -0.3 is 0 Å². The lowest BCUT2D eigenvalue weighted by Crippen LogP contribution is -2.56. The molecule has 118 valence electrons. The lowest BCUT2D eigenvalue weighted by molar-refractivity contribution is -0.339. The lowest BCUT2D eigenvalue weighted by atomic mass is 9.99. The van der Waals surface area contributed by atoms with E-state index in [9.17, 15) is 39.9 Å². The number of halogens is 10. The molecule has 0 saturated carbocycles. The zero-order valence-corrected chi connectivity index (χ0v) is 10.9. The van der Waals surface area contributed by atoms with Gasteiger partial charge in [0, 0.05) is 10.6 Å². The number of rotatable bonds is 3. The molecular weight excluding hydrogens is 359 g/mol. The number of alkyl halides is 7. The molecule has 1 rings (SSSR count). The van der Waals surface area contributed by atoms with Crippen molar-refractivity contribution in [2.24, 2.45) is 0 Å². The van der Waals surface area contributed by atoms with Gasteiger partial charge in [-0.3, -0.25) is 4.79 Å². The Morgan fingerprint density at radius 2 is 1.43 bits per heavy atom. The molecule has 1 aromatic carbocycles. The first-order valence-corrected chi connectivity index (χ1v) is 5.50. The van der Waals surface area contributed by atoms with E-state index in [1.165, 1.54) is 0 Å². The van der Waals surface area contributed by atoms with E-state index in [0.29, 0.717) is 6.07 Å². The van der Waals surface area contributed by atoms with E-state index >= 15 is 0 Å². The number of hydrogen-bond donors (Lipinski definition) is 0. The smallest absolute Gasteiger partial charge is 0.287 e. The molecule has 0 aliphatic heterocycles. The molecule has 0 aliphatic carbocycles. The number of hydrogen-bond acceptors (Lipinski definition) is 1. The van der Waals surface area contributed by atoms with Gasteiger partial charge in [0.2, 0.25) is 5.78 Å². The van der Waals surface area contributed by atoms with Crippen LogP contribution in [0.2, 0.25) is 10.0 Å². The number of carbonyl (C=O) groups excluding carboxylic acids is 1. The largest absolute Gasteiger partial charge is 0.460 e. The van der Waals surface area contributed by atoms with Crippen LogP contribution in [-0.2, 0) is 0 Å². The Hall–Kier alpha value is -1.09. The van der Waals surface area contributed by atoms with Crippen LogP contribution in [0.4, 0.5) is 35.1 Å². The molecule has 0 aromatic heterocycles. The fourth-order valence-corrected chi connectivity index (χ4v) is 1.61. The average Bonchev–Trinajstić information content (AvgIpc) is 2.31. The van der Waals surface area contributed by atoms with Gasteiger partial charge in [-0.15, -0.1) is 0 Å². The van der Waals surface area contributed by atoms with Crippen molar-refractivity contribution in [3.8, 4) is 0 Å². The minimum atomic E-state index is -6.70. The van der Waals surface area contributed by atoms with Gasteiger partial charge in [0.25, 0.3) is 0 Å². The van der Waals surface area contributed by atoms with Crippen molar-refractivity contribution in [3.05, 3.63) is 33.6 Å². The molecule has 0 N–H and O–H groups in total. The van der Waals surface area contributed by atoms with Crippen molar-refractivity contribution in [3.63, 3.8) is 0 Å². The molecule has 0 aliphatic rings. The Morgan fingerprint density at radius 1 is 0.952 bits per heavy atom. The van der Waals surface area contributed by atoms with Gasteiger partial charge in [-0.05, 0) is 12.1 Å². The second kappa shape index (κ2) is 5.28. The van der Waals surface area contributed by atoms with Crippen LogP contribution in [0.15, 0.2) is 12.1 Å². The maximum absolute atomic E-state index is 13.2. The maximum atomic E-state index is 13.2. The van der Waals surface area contributed by atoms with Gasteiger partial charge in [-0.1, -0.05) is 23.2 Å². The second-order valence-corrected chi connectivity index (χ2v) is 4.54. The summed E-state index contributed by atoms with van der Waals surface area (Å²) >= 11 is 10.3. The molecule has 1 nitrogen and oxygen atoms in total. The van der Waals surface area contributed by atoms with Gasteiger partial charge >= 0.3 is 18.0 Å². The molecule has 0 radical (unpaired) electrons. The van der Waals surface area contributed by atoms with Crippen LogP contribution in [0.25, 0.3) is 0 Å². The standard InChI is InChI=1S/C10H2Cl2F8O/c11-3-1-4(6(12)5(13)2-3)7(21)8(14,15)9(16,17)10(18,19)20/h1-2H. The molecule has 11 heteroatoms. The van der Waals surface area contributed by atoms with Crippen molar-refractivity contribution in [2.45, 2.75) is 18.0 Å². The summed E-state index contributed by atoms with van der Waals surface area (Å²) in [5, 5.41) is -2.03. The highest BCUT2D eigenvalue weighted by Crippen LogP contribution is 2.48. The third kappa shape index (κ3) is 2.94. The second-order valence-electron chi connectivity index (χ2n) is 3.72. The molecule has 0 bridgehead atoms. The van der Waals surface area contributed by atoms with Crippen LogP contribution in [0.1, 0.15) is 10.4 Å². The highest BCUT2D eigenvalue weighted by Gasteiger charge is 2.76. The van der Waals surface area contributed by atoms with E-state index in [4.69, 9.17) is 23.2 Å². The first kappa shape index (κ1) is 18.0. The molecule has 0 heterocycles. The minimum Gasteiger partial charge on any atom is -0.287 e. The van der Waals surface area contributed by atoms with Gasteiger partial charge in [0.15, 0.2) is 0 Å². The Bertz CT molecular complexity index is 581. The summed E-state index contributed by atoms with van der Waals surface area (Å²) in [5.41, 5.74) is -1.59. The molecule has 0 saturated heterocycles. The van der Waals surface area contributed by atoms with E-state index in [0.717, 1.165) is 0 Å². The van der Waals surface area contributed by atoms with Gasteiger partial charge in [0.05, 0.1) is 5.02 Å². The van der Waals surface area contributed by atoms with E-state index in [1.807, 2.05) is 0 Å². The van der Waals surface area contributed by atoms with Crippen molar-refractivity contribution in [2.75, 3.05) is 0 Å². The highest BCUT2D eigenvalue weighted by molar-refractivity contribution is 6.36. The van der Waals surface area contributed by atoms with Crippen LogP contribution in [0.3, 0.4) is 0 Å². The van der Waals surface area contributed by atoms with Crippen LogP contribution in [0, 0.1) is 5.82 Å².